The second-order valence-corrected chi connectivity index (χ2v) is 8.95. The number of para-hydroxylation sites is 2. The molecule has 3 aromatic carbocycles. The van der Waals surface area contributed by atoms with Crippen molar-refractivity contribution in [1.29, 1.82) is 0 Å². The van der Waals surface area contributed by atoms with E-state index in [1.807, 2.05) is 6.07 Å². The second kappa shape index (κ2) is 9.52. The summed E-state index contributed by atoms with van der Waals surface area (Å²) in [5.74, 6) is 1.94. The lowest BCUT2D eigenvalue weighted by Gasteiger charge is -2.23. The fourth-order valence-corrected chi connectivity index (χ4v) is 4.76. The molecule has 1 N–H and O–H groups in total. The summed E-state index contributed by atoms with van der Waals surface area (Å²) in [6, 6.07) is 23.4. The minimum Gasteiger partial charge on any atom is -0.456 e. The highest BCUT2D eigenvalue weighted by Crippen LogP contribution is 2.41. The molecule has 0 radical (unpaired) electrons. The van der Waals surface area contributed by atoms with E-state index in [1.54, 1.807) is 0 Å². The van der Waals surface area contributed by atoms with Gasteiger partial charge in [0.25, 0.3) is 0 Å². The van der Waals surface area contributed by atoms with Gasteiger partial charge in [-0.05, 0) is 65.0 Å². The highest BCUT2D eigenvalue weighted by Gasteiger charge is 2.20. The van der Waals surface area contributed by atoms with Crippen LogP contribution in [-0.2, 0) is 6.42 Å². The smallest absolute Gasteiger partial charge is 0.138 e. The van der Waals surface area contributed by atoms with Crippen LogP contribution in [0.1, 0.15) is 35.1 Å². The van der Waals surface area contributed by atoms with Crippen molar-refractivity contribution in [3.63, 3.8) is 0 Å². The molecule has 1 heterocycles. The van der Waals surface area contributed by atoms with Crippen LogP contribution in [0.3, 0.4) is 0 Å². The maximum atomic E-state index is 6.37. The molecule has 0 saturated carbocycles. The molecule has 0 aromatic heterocycles. The number of hydrogen-bond acceptors (Lipinski definition) is 2. The lowest BCUT2D eigenvalue weighted by molar-refractivity contribution is 0.458. The van der Waals surface area contributed by atoms with Crippen LogP contribution in [0, 0.1) is 0 Å². The molecule has 0 bridgehead atoms. The number of benzene rings is 3. The van der Waals surface area contributed by atoms with Gasteiger partial charge in [0.15, 0.2) is 0 Å². The number of hydrogen-bond donors (Lipinski definition) is 1. The fourth-order valence-electron chi connectivity index (χ4n) is 4.76. The molecule has 3 aromatic rings. The summed E-state index contributed by atoms with van der Waals surface area (Å²) in [6.45, 7) is 0. The van der Waals surface area contributed by atoms with Crippen molar-refractivity contribution in [2.75, 3.05) is 5.32 Å². The monoisotopic (exact) mass is 453 g/mol. The molecule has 2 heteroatoms. The van der Waals surface area contributed by atoms with E-state index in [2.05, 4.69) is 121 Å². The first-order chi connectivity index (χ1) is 17.3. The Morgan fingerprint density at radius 1 is 0.657 bits per heavy atom. The molecule has 6 rings (SSSR count). The molecular weight excluding hydrogens is 426 g/mol. The summed E-state index contributed by atoms with van der Waals surface area (Å²) >= 11 is 0. The lowest BCUT2D eigenvalue weighted by atomic mass is 9.94. The Morgan fingerprint density at radius 2 is 1.51 bits per heavy atom. The molecule has 170 valence electrons. The largest absolute Gasteiger partial charge is 0.456 e. The zero-order valence-corrected chi connectivity index (χ0v) is 19.6. The summed E-state index contributed by atoms with van der Waals surface area (Å²) < 4.78 is 6.37. The maximum Gasteiger partial charge on any atom is 0.138 e. The molecule has 2 aliphatic carbocycles. The standard InChI is InChI=1S/C33H27NO/c1-2-4-10-24(9-3-1)25-17-20-30(21-18-25)34-29-14-7-12-26(19-22-29)31-15-8-13-28-23-27-11-5-6-16-32(27)35-33(28)31/h1-3,5-6,8-22,34H,4,7,23H2. The normalized spacial score (nSPS) is 16.1. The van der Waals surface area contributed by atoms with Crippen LogP contribution in [0.4, 0.5) is 5.69 Å². The summed E-state index contributed by atoms with van der Waals surface area (Å²) in [7, 11) is 0. The van der Waals surface area contributed by atoms with E-state index in [-0.39, 0.29) is 0 Å². The molecule has 35 heavy (non-hydrogen) atoms. The van der Waals surface area contributed by atoms with Crippen LogP contribution >= 0.6 is 0 Å². The molecule has 1 aliphatic heterocycles. The van der Waals surface area contributed by atoms with Crippen molar-refractivity contribution in [1.82, 2.24) is 0 Å². The molecule has 3 aliphatic rings. The zero-order valence-electron chi connectivity index (χ0n) is 19.6. The molecular formula is C33H27NO. The van der Waals surface area contributed by atoms with Gasteiger partial charge >= 0.3 is 0 Å². The van der Waals surface area contributed by atoms with Crippen LogP contribution in [0.25, 0.3) is 11.1 Å². The Morgan fingerprint density at radius 3 is 2.46 bits per heavy atom. The van der Waals surface area contributed by atoms with E-state index in [4.69, 9.17) is 4.74 Å². The fraction of sp³-hybridized carbons (Fsp3) is 0.0909. The van der Waals surface area contributed by atoms with E-state index in [9.17, 15) is 0 Å². The van der Waals surface area contributed by atoms with Crippen LogP contribution in [0.5, 0.6) is 11.5 Å². The summed E-state index contributed by atoms with van der Waals surface area (Å²) in [5, 5.41) is 3.57. The van der Waals surface area contributed by atoms with E-state index >= 15 is 0 Å². The van der Waals surface area contributed by atoms with E-state index in [0.717, 1.165) is 47.7 Å². The van der Waals surface area contributed by atoms with Crippen molar-refractivity contribution >= 4 is 16.8 Å². The van der Waals surface area contributed by atoms with Gasteiger partial charge in [0, 0.05) is 23.4 Å². The van der Waals surface area contributed by atoms with Gasteiger partial charge in [0.2, 0.25) is 0 Å². The quantitative estimate of drug-likeness (QED) is 0.334. The first-order valence-electron chi connectivity index (χ1n) is 12.2. The highest BCUT2D eigenvalue weighted by molar-refractivity contribution is 5.81. The third-order valence-corrected chi connectivity index (χ3v) is 6.59. The van der Waals surface area contributed by atoms with Crippen molar-refractivity contribution in [3.8, 4) is 11.5 Å². The van der Waals surface area contributed by atoms with E-state index in [1.165, 1.54) is 27.8 Å². The van der Waals surface area contributed by atoms with Crippen molar-refractivity contribution in [3.05, 3.63) is 149 Å². The molecule has 0 spiro atoms. The maximum absolute atomic E-state index is 6.37. The summed E-state index contributed by atoms with van der Waals surface area (Å²) in [5.41, 5.74) is 9.49. The predicted molar refractivity (Wildman–Crippen MR) is 147 cm³/mol. The highest BCUT2D eigenvalue weighted by atomic mass is 16.5. The van der Waals surface area contributed by atoms with Crippen LogP contribution < -0.4 is 10.1 Å². The van der Waals surface area contributed by atoms with E-state index < -0.39 is 0 Å². The minimum absolute atomic E-state index is 0.855. The first-order valence-corrected chi connectivity index (χ1v) is 12.2. The van der Waals surface area contributed by atoms with Gasteiger partial charge in [-0.3, -0.25) is 0 Å². The minimum atomic E-state index is 0.855. The molecule has 2 nitrogen and oxygen atoms in total. The zero-order chi connectivity index (χ0) is 23.5. The number of ether oxygens (including phenoxy) is 1. The van der Waals surface area contributed by atoms with Crippen molar-refractivity contribution in [2.24, 2.45) is 0 Å². The summed E-state index contributed by atoms with van der Waals surface area (Å²) in [4.78, 5) is 0. The van der Waals surface area contributed by atoms with Crippen LogP contribution in [0.15, 0.2) is 127 Å². The van der Waals surface area contributed by atoms with Gasteiger partial charge < -0.3 is 10.1 Å². The molecule has 0 atom stereocenters. The third kappa shape index (κ3) is 4.56. The lowest BCUT2D eigenvalue weighted by Crippen LogP contribution is -2.05. The SMILES string of the molecule is C1=CCC=C(c2ccc(NC3=CCC=C(c4cccc5c4Oc4ccccc4C5)C=C3)cc2)C=C1. The number of allylic oxidation sites excluding steroid dienone is 11. The van der Waals surface area contributed by atoms with Crippen molar-refractivity contribution < 1.29 is 4.74 Å². The Kier molecular flexibility index (Phi) is 5.78. The molecule has 0 amide bonds. The molecule has 0 fully saturated rings. The van der Waals surface area contributed by atoms with Gasteiger partial charge in [0.05, 0.1) is 0 Å². The molecule has 0 unspecified atom stereocenters. The van der Waals surface area contributed by atoms with Gasteiger partial charge in [-0.25, -0.2) is 0 Å². The number of rotatable bonds is 4. The van der Waals surface area contributed by atoms with Gasteiger partial charge in [0.1, 0.15) is 11.5 Å². The van der Waals surface area contributed by atoms with Gasteiger partial charge in [-0.1, -0.05) is 97.1 Å². The predicted octanol–water partition coefficient (Wildman–Crippen LogP) is 8.62. The Labute approximate surface area is 207 Å². The topological polar surface area (TPSA) is 21.3 Å². The Hall–Kier alpha value is -4.30. The first kappa shape index (κ1) is 21.2. The van der Waals surface area contributed by atoms with Gasteiger partial charge in [-0.2, -0.15) is 0 Å². The average molecular weight is 454 g/mol. The van der Waals surface area contributed by atoms with Gasteiger partial charge in [-0.15, -0.1) is 0 Å². The number of nitrogens with one attached hydrogen (secondary N) is 1. The molecule has 0 saturated heterocycles. The van der Waals surface area contributed by atoms with E-state index in [0.29, 0.717) is 0 Å². The Bertz CT molecular complexity index is 1440. The number of anilines is 1. The number of fused-ring (bicyclic) bond motifs is 2. The van der Waals surface area contributed by atoms with Crippen LogP contribution in [0.2, 0.25) is 0 Å². The average Bonchev–Trinajstić information content (AvgIpc) is 3.31. The van der Waals surface area contributed by atoms with Crippen LogP contribution in [-0.4, -0.2) is 0 Å². The van der Waals surface area contributed by atoms with Crippen molar-refractivity contribution in [2.45, 2.75) is 19.3 Å². The summed E-state index contributed by atoms with van der Waals surface area (Å²) in [6.07, 6.45) is 22.4. The second-order valence-electron chi connectivity index (χ2n) is 8.95. The Balaban J connectivity index is 1.18. The third-order valence-electron chi connectivity index (χ3n) is 6.59.